The lowest BCUT2D eigenvalue weighted by Gasteiger charge is -2.13. The summed E-state index contributed by atoms with van der Waals surface area (Å²) in [4.78, 5) is 15.5. The van der Waals surface area contributed by atoms with Crippen molar-refractivity contribution in [3.05, 3.63) is 164 Å². The van der Waals surface area contributed by atoms with E-state index in [1.165, 1.54) is 11.1 Å². The molecule has 47 heavy (non-hydrogen) atoms. The highest BCUT2D eigenvalue weighted by Gasteiger charge is 2.19. The van der Waals surface area contributed by atoms with E-state index in [9.17, 15) is 0 Å². The van der Waals surface area contributed by atoms with E-state index in [0.717, 1.165) is 60.5 Å². The third-order valence-electron chi connectivity index (χ3n) is 8.74. The first kappa shape index (κ1) is 27.0. The molecule has 220 valence electrons. The number of nitrogens with zero attached hydrogens (tertiary/aromatic N) is 3. The largest absolute Gasteiger partial charge is 0.456 e. The van der Waals surface area contributed by atoms with Gasteiger partial charge in [0.2, 0.25) is 0 Å². The molecule has 9 aromatic rings. The maximum absolute atomic E-state index is 6.24. The van der Waals surface area contributed by atoms with E-state index >= 15 is 0 Å². The van der Waals surface area contributed by atoms with Crippen molar-refractivity contribution >= 4 is 32.7 Å². The summed E-state index contributed by atoms with van der Waals surface area (Å²) in [5.41, 5.74) is 8.97. The van der Waals surface area contributed by atoms with E-state index in [4.69, 9.17) is 19.4 Å². The predicted molar refractivity (Wildman–Crippen MR) is 192 cm³/mol. The van der Waals surface area contributed by atoms with Gasteiger partial charge in [0.1, 0.15) is 11.2 Å². The first-order chi connectivity index (χ1) is 23.3. The van der Waals surface area contributed by atoms with Crippen molar-refractivity contribution < 1.29 is 4.42 Å². The van der Waals surface area contributed by atoms with E-state index in [2.05, 4.69) is 115 Å². The van der Waals surface area contributed by atoms with E-state index < -0.39 is 0 Å². The highest BCUT2D eigenvalue weighted by atomic mass is 16.3. The molecule has 0 aliphatic heterocycles. The molecule has 0 fully saturated rings. The molecule has 2 aromatic heterocycles. The van der Waals surface area contributed by atoms with Crippen molar-refractivity contribution in [3.63, 3.8) is 0 Å². The Morgan fingerprint density at radius 2 is 0.894 bits per heavy atom. The first-order valence-corrected chi connectivity index (χ1v) is 15.7. The highest BCUT2D eigenvalue weighted by molar-refractivity contribution is 6.11. The van der Waals surface area contributed by atoms with Crippen LogP contribution >= 0.6 is 0 Å². The second-order valence-corrected chi connectivity index (χ2v) is 11.6. The van der Waals surface area contributed by atoms with Crippen LogP contribution in [-0.4, -0.2) is 15.0 Å². The van der Waals surface area contributed by atoms with Gasteiger partial charge in [-0.15, -0.1) is 0 Å². The second kappa shape index (κ2) is 11.2. The lowest BCUT2D eigenvalue weighted by molar-refractivity contribution is 0.669. The summed E-state index contributed by atoms with van der Waals surface area (Å²) in [6.07, 6.45) is 0. The number of para-hydroxylation sites is 1. The molecule has 0 aliphatic rings. The Bertz CT molecular complexity index is 2570. The summed E-state index contributed by atoms with van der Waals surface area (Å²) in [7, 11) is 0. The number of fused-ring (bicyclic) bond motifs is 4. The fourth-order valence-electron chi connectivity index (χ4n) is 6.45. The summed E-state index contributed by atoms with van der Waals surface area (Å²) in [5, 5.41) is 4.31. The van der Waals surface area contributed by atoms with Crippen molar-refractivity contribution in [1.29, 1.82) is 0 Å². The molecule has 4 nitrogen and oxygen atoms in total. The Morgan fingerprint density at radius 1 is 0.340 bits per heavy atom. The van der Waals surface area contributed by atoms with Crippen LogP contribution in [0.4, 0.5) is 0 Å². The second-order valence-electron chi connectivity index (χ2n) is 11.6. The summed E-state index contributed by atoms with van der Waals surface area (Å²) >= 11 is 0. The third-order valence-corrected chi connectivity index (χ3v) is 8.74. The van der Waals surface area contributed by atoms with Crippen molar-refractivity contribution in [2.45, 2.75) is 0 Å². The van der Waals surface area contributed by atoms with Crippen LogP contribution in [0, 0.1) is 0 Å². The third kappa shape index (κ3) is 4.84. The molecule has 0 unspecified atom stereocenters. The van der Waals surface area contributed by atoms with Gasteiger partial charge < -0.3 is 4.42 Å². The number of rotatable bonds is 5. The van der Waals surface area contributed by atoms with E-state index in [1.54, 1.807) is 0 Å². The fourth-order valence-corrected chi connectivity index (χ4v) is 6.45. The Morgan fingerprint density at radius 3 is 1.68 bits per heavy atom. The number of furan rings is 1. The summed E-state index contributed by atoms with van der Waals surface area (Å²) in [5.74, 6) is 1.84. The van der Waals surface area contributed by atoms with Crippen molar-refractivity contribution in [1.82, 2.24) is 15.0 Å². The topological polar surface area (TPSA) is 51.8 Å². The molecule has 0 N–H and O–H groups in total. The molecule has 0 amide bonds. The Balaban J connectivity index is 1.26. The molecule has 0 atom stereocenters. The number of hydrogen-bond donors (Lipinski definition) is 0. The van der Waals surface area contributed by atoms with Crippen LogP contribution in [0.15, 0.2) is 168 Å². The fraction of sp³-hybridized carbons (Fsp3) is 0. The molecule has 4 heteroatoms. The minimum atomic E-state index is 0.601. The van der Waals surface area contributed by atoms with E-state index in [0.29, 0.717) is 17.5 Å². The van der Waals surface area contributed by atoms with Crippen molar-refractivity contribution in [2.75, 3.05) is 0 Å². The van der Waals surface area contributed by atoms with Crippen LogP contribution in [0.2, 0.25) is 0 Å². The van der Waals surface area contributed by atoms with Crippen LogP contribution in [0.5, 0.6) is 0 Å². The Kier molecular flexibility index (Phi) is 6.43. The molecule has 0 saturated heterocycles. The van der Waals surface area contributed by atoms with Gasteiger partial charge in [-0.25, -0.2) is 15.0 Å². The quantitative estimate of drug-likeness (QED) is 0.197. The van der Waals surface area contributed by atoms with Crippen LogP contribution in [0.25, 0.3) is 89.1 Å². The molecular formula is C43H27N3O. The van der Waals surface area contributed by atoms with Gasteiger partial charge in [0, 0.05) is 27.5 Å². The minimum Gasteiger partial charge on any atom is -0.456 e. The summed E-state index contributed by atoms with van der Waals surface area (Å²) in [6, 6.07) is 56.3. The van der Waals surface area contributed by atoms with Gasteiger partial charge in [-0.3, -0.25) is 0 Å². The molecule has 0 spiro atoms. The van der Waals surface area contributed by atoms with Crippen molar-refractivity contribution in [3.8, 4) is 56.4 Å². The van der Waals surface area contributed by atoms with Gasteiger partial charge >= 0.3 is 0 Å². The molecule has 0 bridgehead atoms. The van der Waals surface area contributed by atoms with E-state index in [-0.39, 0.29) is 0 Å². The monoisotopic (exact) mass is 601 g/mol. The smallest absolute Gasteiger partial charge is 0.164 e. The molecular weight excluding hydrogens is 574 g/mol. The van der Waals surface area contributed by atoms with Crippen LogP contribution in [0.3, 0.4) is 0 Å². The maximum atomic E-state index is 6.24. The number of hydrogen-bond acceptors (Lipinski definition) is 4. The standard InChI is InChI=1S/C43H27N3O/c1-3-12-28(13-4-1)30-22-23-32-27-33(25-24-31(32)26-30)41-44-42(35-17-8-7-16-34(35)29-14-5-2-6-15-29)46-43(45-41)37-19-11-21-39-40(37)36-18-9-10-20-38(36)47-39/h1-27H. The zero-order valence-electron chi connectivity index (χ0n) is 25.3. The maximum Gasteiger partial charge on any atom is 0.164 e. The molecule has 9 rings (SSSR count). The Hall–Kier alpha value is -6.39. The highest BCUT2D eigenvalue weighted by Crippen LogP contribution is 2.38. The van der Waals surface area contributed by atoms with Gasteiger partial charge in [0.25, 0.3) is 0 Å². The molecule has 0 aliphatic carbocycles. The average Bonchev–Trinajstić information content (AvgIpc) is 3.54. The van der Waals surface area contributed by atoms with Crippen LogP contribution in [-0.2, 0) is 0 Å². The van der Waals surface area contributed by atoms with Gasteiger partial charge in [-0.1, -0.05) is 140 Å². The molecule has 0 saturated carbocycles. The normalized spacial score (nSPS) is 11.4. The van der Waals surface area contributed by atoms with Gasteiger partial charge in [-0.2, -0.15) is 0 Å². The lowest BCUT2D eigenvalue weighted by Crippen LogP contribution is -2.01. The van der Waals surface area contributed by atoms with Crippen LogP contribution < -0.4 is 0 Å². The van der Waals surface area contributed by atoms with Crippen molar-refractivity contribution in [2.24, 2.45) is 0 Å². The first-order valence-electron chi connectivity index (χ1n) is 15.7. The SMILES string of the molecule is c1ccc(-c2ccc3cc(-c4nc(-c5ccccc5-c5ccccc5)nc(-c5cccc6oc7ccccc7c56)n4)ccc3c2)cc1. The molecule has 0 radical (unpaired) electrons. The number of benzene rings is 7. The molecule has 2 heterocycles. The van der Waals surface area contributed by atoms with E-state index in [1.807, 2.05) is 48.5 Å². The zero-order chi connectivity index (χ0) is 31.2. The predicted octanol–water partition coefficient (Wildman–Crippen LogP) is 11.3. The van der Waals surface area contributed by atoms with Crippen LogP contribution in [0.1, 0.15) is 0 Å². The average molecular weight is 602 g/mol. The zero-order valence-corrected chi connectivity index (χ0v) is 25.3. The number of aromatic nitrogens is 3. The molecule has 7 aromatic carbocycles. The van der Waals surface area contributed by atoms with Gasteiger partial charge in [0.15, 0.2) is 17.5 Å². The Labute approximate surface area is 271 Å². The van der Waals surface area contributed by atoms with Gasteiger partial charge in [0.05, 0.1) is 0 Å². The lowest BCUT2D eigenvalue weighted by atomic mass is 9.98. The summed E-state index contributed by atoms with van der Waals surface area (Å²) < 4.78 is 6.24. The van der Waals surface area contributed by atoms with Gasteiger partial charge in [-0.05, 0) is 57.3 Å². The minimum absolute atomic E-state index is 0.601. The summed E-state index contributed by atoms with van der Waals surface area (Å²) in [6.45, 7) is 0.